The molecular weight excluding hydrogens is 362 g/mol. The minimum absolute atomic E-state index is 0.0510. The summed E-state index contributed by atoms with van der Waals surface area (Å²) in [5, 5.41) is 3.86. The fourth-order valence-corrected chi connectivity index (χ4v) is 3.66. The zero-order valence-corrected chi connectivity index (χ0v) is 17.0. The fraction of sp³-hybridized carbons (Fsp3) is 0.429. The van der Waals surface area contributed by atoms with E-state index in [0.29, 0.717) is 36.1 Å². The van der Waals surface area contributed by atoms with Crippen molar-refractivity contribution in [1.29, 1.82) is 0 Å². The molecule has 3 rings (SSSR count). The molecule has 1 aliphatic heterocycles. The van der Waals surface area contributed by atoms with Crippen LogP contribution in [0.5, 0.6) is 5.75 Å². The van der Waals surface area contributed by atoms with Crippen molar-refractivity contribution >= 4 is 17.7 Å². The fourth-order valence-electron chi connectivity index (χ4n) is 3.33. The van der Waals surface area contributed by atoms with Crippen LogP contribution in [0.15, 0.2) is 42.6 Å². The van der Waals surface area contributed by atoms with Gasteiger partial charge in [0, 0.05) is 25.8 Å². The summed E-state index contributed by atoms with van der Waals surface area (Å²) in [5.41, 5.74) is 1.22. The summed E-state index contributed by atoms with van der Waals surface area (Å²) in [6, 6.07) is 11.2. The molecule has 1 amide bonds. The molecule has 144 valence electrons. The molecule has 0 radical (unpaired) electrons. The average molecular weight is 388 g/mol. The van der Waals surface area contributed by atoms with Crippen LogP contribution in [-0.2, 0) is 11.0 Å². The minimum atomic E-state index is -0.682. The van der Waals surface area contributed by atoms with Crippen LogP contribution in [0.4, 0.5) is 4.79 Å². The van der Waals surface area contributed by atoms with Crippen LogP contribution in [-0.4, -0.2) is 35.6 Å². The van der Waals surface area contributed by atoms with Crippen LogP contribution in [0.1, 0.15) is 39.0 Å². The number of ether oxygens (including phenoxy) is 1. The molecule has 0 bridgehead atoms. The Bertz CT molecular complexity index is 817. The van der Waals surface area contributed by atoms with E-state index in [-0.39, 0.29) is 5.41 Å². The SMILES string of the molecule is CC(C)(C)c1ccc(OC(=O)N2CCNC[C@]2(C)c2ncccc2Cl)cc1. The maximum Gasteiger partial charge on any atom is 0.416 e. The molecule has 5 nitrogen and oxygen atoms in total. The molecule has 1 aliphatic rings. The Morgan fingerprint density at radius 3 is 2.59 bits per heavy atom. The second kappa shape index (κ2) is 7.49. The lowest BCUT2D eigenvalue weighted by atomic mass is 9.87. The van der Waals surface area contributed by atoms with Gasteiger partial charge in [-0.25, -0.2) is 4.79 Å². The first-order chi connectivity index (χ1) is 12.7. The Labute approximate surface area is 165 Å². The summed E-state index contributed by atoms with van der Waals surface area (Å²) >= 11 is 6.37. The summed E-state index contributed by atoms with van der Waals surface area (Å²) in [6.45, 7) is 10.2. The smallest absolute Gasteiger partial charge is 0.410 e. The lowest BCUT2D eigenvalue weighted by molar-refractivity contribution is 0.0679. The number of hydrogen-bond donors (Lipinski definition) is 1. The predicted molar refractivity (Wildman–Crippen MR) is 107 cm³/mol. The molecule has 2 aromatic rings. The van der Waals surface area contributed by atoms with E-state index in [1.165, 1.54) is 5.56 Å². The zero-order valence-electron chi connectivity index (χ0n) is 16.3. The number of benzene rings is 1. The molecule has 0 spiro atoms. The van der Waals surface area contributed by atoms with Crippen LogP contribution in [0, 0.1) is 0 Å². The Kier molecular flexibility index (Phi) is 5.45. The topological polar surface area (TPSA) is 54.5 Å². The first-order valence-electron chi connectivity index (χ1n) is 9.13. The highest BCUT2D eigenvalue weighted by molar-refractivity contribution is 6.31. The first kappa shape index (κ1) is 19.6. The monoisotopic (exact) mass is 387 g/mol. The second-order valence-corrected chi connectivity index (χ2v) is 8.49. The molecule has 1 atom stereocenters. The van der Waals surface area contributed by atoms with Gasteiger partial charge in [0.1, 0.15) is 5.75 Å². The average Bonchev–Trinajstić information content (AvgIpc) is 2.62. The Hall–Kier alpha value is -2.11. The number of rotatable bonds is 2. The van der Waals surface area contributed by atoms with Gasteiger partial charge in [0.2, 0.25) is 0 Å². The molecule has 1 aromatic heterocycles. The number of aromatic nitrogens is 1. The molecule has 27 heavy (non-hydrogen) atoms. The van der Waals surface area contributed by atoms with E-state index in [4.69, 9.17) is 16.3 Å². The van der Waals surface area contributed by atoms with Crippen molar-refractivity contribution in [2.45, 2.75) is 38.6 Å². The standard InChI is InChI=1S/C21H26ClN3O2/c1-20(2,3)15-7-9-16(10-8-15)27-19(26)25-13-12-23-14-21(25,4)18-17(22)6-5-11-24-18/h5-11,23H,12-14H2,1-4H3/t21-/m1/s1. The van der Waals surface area contributed by atoms with Gasteiger partial charge in [-0.2, -0.15) is 0 Å². The van der Waals surface area contributed by atoms with Gasteiger partial charge in [-0.05, 0) is 42.2 Å². The van der Waals surface area contributed by atoms with Crippen molar-refractivity contribution < 1.29 is 9.53 Å². The van der Waals surface area contributed by atoms with Gasteiger partial charge in [0.15, 0.2) is 0 Å². The number of halogens is 1. The molecular formula is C21H26ClN3O2. The molecule has 1 N–H and O–H groups in total. The largest absolute Gasteiger partial charge is 0.416 e. The van der Waals surface area contributed by atoms with Crippen molar-refractivity contribution in [2.24, 2.45) is 0 Å². The van der Waals surface area contributed by atoms with Crippen molar-refractivity contribution in [3.8, 4) is 5.75 Å². The van der Waals surface area contributed by atoms with E-state index in [2.05, 4.69) is 31.1 Å². The van der Waals surface area contributed by atoms with E-state index in [1.807, 2.05) is 31.2 Å². The van der Waals surface area contributed by atoms with Gasteiger partial charge in [-0.3, -0.25) is 9.88 Å². The molecule has 0 unspecified atom stereocenters. The van der Waals surface area contributed by atoms with Crippen LogP contribution in [0.2, 0.25) is 5.02 Å². The molecule has 6 heteroatoms. The number of nitrogens with one attached hydrogen (secondary N) is 1. The Morgan fingerprint density at radius 1 is 1.26 bits per heavy atom. The van der Waals surface area contributed by atoms with Gasteiger partial charge in [-0.1, -0.05) is 44.5 Å². The number of hydrogen-bond acceptors (Lipinski definition) is 4. The Balaban J connectivity index is 1.83. The van der Waals surface area contributed by atoms with Crippen molar-refractivity contribution in [1.82, 2.24) is 15.2 Å². The first-order valence-corrected chi connectivity index (χ1v) is 9.51. The third-order valence-corrected chi connectivity index (χ3v) is 5.30. The minimum Gasteiger partial charge on any atom is -0.410 e. The Morgan fingerprint density at radius 2 is 1.96 bits per heavy atom. The lowest BCUT2D eigenvalue weighted by Crippen LogP contribution is -2.60. The van der Waals surface area contributed by atoms with E-state index in [9.17, 15) is 4.79 Å². The van der Waals surface area contributed by atoms with Gasteiger partial charge in [-0.15, -0.1) is 0 Å². The molecule has 1 fully saturated rings. The van der Waals surface area contributed by atoms with Crippen molar-refractivity contribution in [2.75, 3.05) is 19.6 Å². The second-order valence-electron chi connectivity index (χ2n) is 8.08. The van der Waals surface area contributed by atoms with Crippen LogP contribution < -0.4 is 10.1 Å². The number of amides is 1. The van der Waals surface area contributed by atoms with Crippen LogP contribution >= 0.6 is 11.6 Å². The van der Waals surface area contributed by atoms with Gasteiger partial charge < -0.3 is 10.1 Å². The summed E-state index contributed by atoms with van der Waals surface area (Å²) in [4.78, 5) is 19.1. The van der Waals surface area contributed by atoms with E-state index < -0.39 is 11.6 Å². The van der Waals surface area contributed by atoms with E-state index in [0.717, 1.165) is 0 Å². The quantitative estimate of drug-likeness (QED) is 0.832. The number of carbonyl (C=O) groups is 1. The van der Waals surface area contributed by atoms with Crippen LogP contribution in [0.25, 0.3) is 0 Å². The number of piperazine rings is 1. The van der Waals surface area contributed by atoms with Crippen molar-refractivity contribution in [3.63, 3.8) is 0 Å². The maximum absolute atomic E-state index is 13.0. The summed E-state index contributed by atoms with van der Waals surface area (Å²) in [6.07, 6.45) is 1.29. The molecule has 1 aromatic carbocycles. The number of nitrogens with zero attached hydrogens (tertiary/aromatic N) is 2. The van der Waals surface area contributed by atoms with Gasteiger partial charge in [0.05, 0.1) is 16.3 Å². The third kappa shape index (κ3) is 4.09. The molecule has 1 saturated heterocycles. The zero-order chi connectivity index (χ0) is 19.7. The highest BCUT2D eigenvalue weighted by Gasteiger charge is 2.42. The van der Waals surface area contributed by atoms with Gasteiger partial charge >= 0.3 is 6.09 Å². The van der Waals surface area contributed by atoms with Crippen molar-refractivity contribution in [3.05, 3.63) is 58.9 Å². The number of carbonyl (C=O) groups excluding carboxylic acids is 1. The summed E-state index contributed by atoms with van der Waals surface area (Å²) in [5.74, 6) is 0.529. The normalized spacial score (nSPS) is 20.4. The molecule has 2 heterocycles. The lowest BCUT2D eigenvalue weighted by Gasteiger charge is -2.44. The molecule has 0 aliphatic carbocycles. The highest BCUT2D eigenvalue weighted by atomic mass is 35.5. The summed E-state index contributed by atoms with van der Waals surface area (Å²) < 4.78 is 5.67. The molecule has 0 saturated carbocycles. The predicted octanol–water partition coefficient (Wildman–Crippen LogP) is 4.35. The van der Waals surface area contributed by atoms with E-state index >= 15 is 0 Å². The third-order valence-electron chi connectivity index (χ3n) is 4.99. The van der Waals surface area contributed by atoms with Crippen LogP contribution in [0.3, 0.4) is 0 Å². The highest BCUT2D eigenvalue weighted by Crippen LogP contribution is 2.33. The summed E-state index contributed by atoms with van der Waals surface area (Å²) in [7, 11) is 0. The number of pyridine rings is 1. The maximum atomic E-state index is 13.0. The van der Waals surface area contributed by atoms with Gasteiger partial charge in [0.25, 0.3) is 0 Å². The van der Waals surface area contributed by atoms with E-state index in [1.54, 1.807) is 23.2 Å².